The summed E-state index contributed by atoms with van der Waals surface area (Å²) in [5, 5.41) is 18.8. The van der Waals surface area contributed by atoms with Crippen LogP contribution in [-0.2, 0) is 6.54 Å². The molecule has 0 saturated carbocycles. The Hall–Kier alpha value is -2.76. The number of furan rings is 1. The average molecular weight is 366 g/mol. The SMILES string of the molecule is CCn1c(-c2ccc(C=C(C#N)C#N)o2)cc2ccc(Br)cc21. The van der Waals surface area contributed by atoms with Crippen LogP contribution in [0.2, 0.25) is 0 Å². The minimum atomic E-state index is 0.0193. The molecule has 2 heterocycles. The fourth-order valence-corrected chi connectivity index (χ4v) is 2.92. The number of allylic oxidation sites excluding steroid dienone is 1. The molecule has 0 atom stereocenters. The van der Waals surface area contributed by atoms with Crippen LogP contribution in [0, 0.1) is 22.7 Å². The van der Waals surface area contributed by atoms with Gasteiger partial charge in [0.15, 0.2) is 5.76 Å². The first-order chi connectivity index (χ1) is 11.2. The molecule has 0 radical (unpaired) electrons. The van der Waals surface area contributed by atoms with E-state index in [9.17, 15) is 0 Å². The van der Waals surface area contributed by atoms with Gasteiger partial charge < -0.3 is 8.98 Å². The van der Waals surface area contributed by atoms with Gasteiger partial charge in [0, 0.05) is 28.0 Å². The van der Waals surface area contributed by atoms with Gasteiger partial charge in [0.25, 0.3) is 0 Å². The zero-order valence-corrected chi connectivity index (χ0v) is 14.0. The molecular weight excluding hydrogens is 354 g/mol. The van der Waals surface area contributed by atoms with Gasteiger partial charge in [-0.1, -0.05) is 22.0 Å². The number of nitrogens with zero attached hydrogens (tertiary/aromatic N) is 3. The van der Waals surface area contributed by atoms with Gasteiger partial charge in [-0.15, -0.1) is 0 Å². The van der Waals surface area contributed by atoms with E-state index in [1.54, 1.807) is 6.07 Å². The fraction of sp³-hybridized carbons (Fsp3) is 0.111. The fourth-order valence-electron chi connectivity index (χ4n) is 2.57. The van der Waals surface area contributed by atoms with E-state index >= 15 is 0 Å². The van der Waals surface area contributed by atoms with Gasteiger partial charge in [0.2, 0.25) is 0 Å². The van der Waals surface area contributed by atoms with Crippen LogP contribution in [0.1, 0.15) is 12.7 Å². The molecule has 0 aliphatic heterocycles. The molecule has 3 aromatic rings. The highest BCUT2D eigenvalue weighted by molar-refractivity contribution is 9.10. The van der Waals surface area contributed by atoms with E-state index in [2.05, 4.69) is 45.6 Å². The monoisotopic (exact) mass is 365 g/mol. The summed E-state index contributed by atoms with van der Waals surface area (Å²) < 4.78 is 8.99. The first-order valence-electron chi connectivity index (χ1n) is 7.07. The van der Waals surface area contributed by atoms with Crippen molar-refractivity contribution in [1.82, 2.24) is 4.57 Å². The molecule has 2 aromatic heterocycles. The van der Waals surface area contributed by atoms with Crippen molar-refractivity contribution in [2.24, 2.45) is 0 Å². The zero-order valence-electron chi connectivity index (χ0n) is 12.4. The summed E-state index contributed by atoms with van der Waals surface area (Å²) in [7, 11) is 0. The van der Waals surface area contributed by atoms with Gasteiger partial charge >= 0.3 is 0 Å². The number of nitriles is 2. The molecule has 5 heteroatoms. The molecule has 1 aromatic carbocycles. The van der Waals surface area contributed by atoms with E-state index in [1.165, 1.54) is 6.08 Å². The Balaban J connectivity index is 2.11. The highest BCUT2D eigenvalue weighted by Crippen LogP contribution is 2.31. The summed E-state index contributed by atoms with van der Waals surface area (Å²) in [4.78, 5) is 0. The average Bonchev–Trinajstić information content (AvgIpc) is 3.15. The molecule has 4 nitrogen and oxygen atoms in total. The maximum absolute atomic E-state index is 8.82. The molecule has 0 amide bonds. The number of fused-ring (bicyclic) bond motifs is 1. The molecule has 3 rings (SSSR count). The van der Waals surface area contributed by atoms with Crippen LogP contribution in [-0.4, -0.2) is 4.57 Å². The molecular formula is C18H12BrN3O. The number of halogens is 1. The maximum atomic E-state index is 8.82. The molecule has 0 unspecified atom stereocenters. The van der Waals surface area contributed by atoms with Crippen LogP contribution in [0.4, 0.5) is 0 Å². The van der Waals surface area contributed by atoms with Crippen LogP contribution < -0.4 is 0 Å². The maximum Gasteiger partial charge on any atom is 0.151 e. The number of aryl methyl sites for hydroxylation is 1. The molecule has 0 aliphatic carbocycles. The predicted octanol–water partition coefficient (Wildman–Crippen LogP) is 5.11. The number of aromatic nitrogens is 1. The molecule has 0 saturated heterocycles. The molecule has 112 valence electrons. The van der Waals surface area contributed by atoms with Crippen molar-refractivity contribution in [3.05, 3.63) is 52.2 Å². The van der Waals surface area contributed by atoms with Crippen molar-refractivity contribution >= 4 is 32.9 Å². The van der Waals surface area contributed by atoms with Crippen molar-refractivity contribution < 1.29 is 4.42 Å². The largest absolute Gasteiger partial charge is 0.455 e. The first-order valence-corrected chi connectivity index (χ1v) is 7.86. The predicted molar refractivity (Wildman–Crippen MR) is 92.2 cm³/mol. The third kappa shape index (κ3) is 2.79. The summed E-state index contributed by atoms with van der Waals surface area (Å²) in [6.07, 6.45) is 1.44. The van der Waals surface area contributed by atoms with Crippen molar-refractivity contribution in [2.45, 2.75) is 13.5 Å². The number of benzene rings is 1. The van der Waals surface area contributed by atoms with Crippen LogP contribution in [0.15, 0.2) is 50.9 Å². The van der Waals surface area contributed by atoms with Crippen molar-refractivity contribution in [3.8, 4) is 23.6 Å². The van der Waals surface area contributed by atoms with Crippen LogP contribution in [0.5, 0.6) is 0 Å². The molecule has 0 spiro atoms. The van der Waals surface area contributed by atoms with Gasteiger partial charge in [-0.25, -0.2) is 0 Å². The van der Waals surface area contributed by atoms with Crippen molar-refractivity contribution in [3.63, 3.8) is 0 Å². The van der Waals surface area contributed by atoms with E-state index in [4.69, 9.17) is 14.9 Å². The zero-order chi connectivity index (χ0) is 16.4. The van der Waals surface area contributed by atoms with E-state index in [0.29, 0.717) is 11.5 Å². The van der Waals surface area contributed by atoms with Crippen LogP contribution in [0.3, 0.4) is 0 Å². The van der Waals surface area contributed by atoms with E-state index < -0.39 is 0 Å². The Morgan fingerprint density at radius 1 is 1.22 bits per heavy atom. The van der Waals surface area contributed by atoms with Crippen molar-refractivity contribution in [1.29, 1.82) is 10.5 Å². The highest BCUT2D eigenvalue weighted by Gasteiger charge is 2.13. The molecule has 0 bridgehead atoms. The van der Waals surface area contributed by atoms with Crippen molar-refractivity contribution in [2.75, 3.05) is 0 Å². The minimum absolute atomic E-state index is 0.0193. The summed E-state index contributed by atoms with van der Waals surface area (Å²) in [5.41, 5.74) is 2.11. The third-order valence-electron chi connectivity index (χ3n) is 3.59. The lowest BCUT2D eigenvalue weighted by Gasteiger charge is -2.05. The van der Waals surface area contributed by atoms with Crippen LogP contribution in [0.25, 0.3) is 28.4 Å². The minimum Gasteiger partial charge on any atom is -0.455 e. The Kier molecular flexibility index (Phi) is 4.06. The van der Waals surface area contributed by atoms with E-state index in [0.717, 1.165) is 27.6 Å². The smallest absolute Gasteiger partial charge is 0.151 e. The highest BCUT2D eigenvalue weighted by atomic mass is 79.9. The molecule has 0 aliphatic rings. The van der Waals surface area contributed by atoms with Gasteiger partial charge in [0.1, 0.15) is 23.5 Å². The first kappa shape index (κ1) is 15.1. The summed E-state index contributed by atoms with van der Waals surface area (Å²) >= 11 is 3.50. The topological polar surface area (TPSA) is 65.7 Å². The summed E-state index contributed by atoms with van der Waals surface area (Å²) in [6, 6.07) is 15.5. The quantitative estimate of drug-likeness (QED) is 0.605. The van der Waals surface area contributed by atoms with Gasteiger partial charge in [0.05, 0.1) is 5.69 Å². The standard InChI is InChI=1S/C18H12BrN3O/c1-2-22-16-9-14(19)4-3-13(16)8-17(22)18-6-5-15(23-18)7-12(10-20)11-21/h3-9H,2H2,1H3. The number of hydrogen-bond donors (Lipinski definition) is 0. The number of rotatable bonds is 3. The lowest BCUT2D eigenvalue weighted by molar-refractivity contribution is 0.564. The second-order valence-electron chi connectivity index (χ2n) is 4.96. The second kappa shape index (κ2) is 6.16. The lowest BCUT2D eigenvalue weighted by Crippen LogP contribution is -1.95. The Morgan fingerprint density at radius 2 is 2.00 bits per heavy atom. The van der Waals surface area contributed by atoms with E-state index in [1.807, 2.05) is 24.3 Å². The summed E-state index contributed by atoms with van der Waals surface area (Å²) in [5.74, 6) is 1.20. The second-order valence-corrected chi connectivity index (χ2v) is 5.88. The van der Waals surface area contributed by atoms with Gasteiger partial charge in [-0.2, -0.15) is 10.5 Å². The Morgan fingerprint density at radius 3 is 2.70 bits per heavy atom. The van der Waals surface area contributed by atoms with Gasteiger partial charge in [-0.05, 0) is 37.3 Å². The normalized spacial score (nSPS) is 10.3. The molecule has 0 N–H and O–H groups in total. The molecule has 23 heavy (non-hydrogen) atoms. The molecule has 0 fully saturated rings. The Labute approximate surface area is 142 Å². The third-order valence-corrected chi connectivity index (χ3v) is 4.08. The summed E-state index contributed by atoms with van der Waals surface area (Å²) in [6.45, 7) is 2.89. The number of hydrogen-bond acceptors (Lipinski definition) is 3. The lowest BCUT2D eigenvalue weighted by atomic mass is 10.2. The van der Waals surface area contributed by atoms with Crippen LogP contribution >= 0.6 is 15.9 Å². The van der Waals surface area contributed by atoms with E-state index in [-0.39, 0.29) is 5.57 Å². The Bertz CT molecular complexity index is 980. The van der Waals surface area contributed by atoms with Gasteiger partial charge in [-0.3, -0.25) is 0 Å².